The summed E-state index contributed by atoms with van der Waals surface area (Å²) >= 11 is 0. The van der Waals surface area contributed by atoms with Crippen molar-refractivity contribution in [2.75, 3.05) is 31.6 Å². The third kappa shape index (κ3) is 2.28. The molecule has 0 saturated carbocycles. The average molecular weight is 232 g/mol. The van der Waals surface area contributed by atoms with Crippen LogP contribution in [-0.2, 0) is 11.2 Å². The molecule has 2 rings (SSSR count). The zero-order chi connectivity index (χ0) is 12.4. The largest absolute Gasteiger partial charge is 0.360 e. The zero-order valence-corrected chi connectivity index (χ0v) is 10.9. The van der Waals surface area contributed by atoms with Crippen molar-refractivity contribution in [3.8, 4) is 0 Å². The minimum absolute atomic E-state index is 0.210. The van der Waals surface area contributed by atoms with Crippen LogP contribution in [0.5, 0.6) is 0 Å². The first-order valence-corrected chi connectivity index (χ1v) is 6.21. The maximum Gasteiger partial charge on any atom is 0.241 e. The van der Waals surface area contributed by atoms with E-state index in [1.165, 1.54) is 16.8 Å². The van der Waals surface area contributed by atoms with Gasteiger partial charge in [0, 0.05) is 25.8 Å². The monoisotopic (exact) mass is 232 g/mol. The van der Waals surface area contributed by atoms with Crippen LogP contribution in [0.15, 0.2) is 18.2 Å². The van der Waals surface area contributed by atoms with Crippen LogP contribution < -0.4 is 4.90 Å². The van der Waals surface area contributed by atoms with E-state index in [-0.39, 0.29) is 5.91 Å². The topological polar surface area (TPSA) is 23.6 Å². The molecular formula is C14H20N2O. The smallest absolute Gasteiger partial charge is 0.241 e. The number of piperazine rings is 1. The fourth-order valence-corrected chi connectivity index (χ4v) is 2.41. The summed E-state index contributed by atoms with van der Waals surface area (Å²) in [7, 11) is 1.87. The van der Waals surface area contributed by atoms with Crippen molar-refractivity contribution in [3.63, 3.8) is 0 Å². The number of likely N-dealkylation sites (N-methyl/N-ethyl adjacent to an activating group) is 1. The third-order valence-corrected chi connectivity index (χ3v) is 3.48. The standard InChI is InChI=1S/C14H20N2O/c1-4-12-7-5-6-11(2)14(12)16-9-8-15(3)13(17)10-16/h5-7H,4,8-10H2,1-3H3. The van der Waals surface area contributed by atoms with Crippen molar-refractivity contribution in [1.82, 2.24) is 4.90 Å². The highest BCUT2D eigenvalue weighted by molar-refractivity contribution is 5.83. The molecule has 1 fully saturated rings. The number of hydrogen-bond donors (Lipinski definition) is 0. The number of rotatable bonds is 2. The number of anilines is 1. The van der Waals surface area contributed by atoms with Gasteiger partial charge in [-0.3, -0.25) is 4.79 Å². The van der Waals surface area contributed by atoms with Gasteiger partial charge in [-0.15, -0.1) is 0 Å². The summed E-state index contributed by atoms with van der Waals surface area (Å²) in [6.07, 6.45) is 1.01. The molecule has 0 aromatic heterocycles. The van der Waals surface area contributed by atoms with E-state index in [4.69, 9.17) is 0 Å². The highest BCUT2D eigenvalue weighted by Gasteiger charge is 2.23. The first-order chi connectivity index (χ1) is 8.13. The SMILES string of the molecule is CCc1cccc(C)c1N1CCN(C)C(=O)C1. The Morgan fingerprint density at radius 3 is 2.71 bits per heavy atom. The van der Waals surface area contributed by atoms with Crippen molar-refractivity contribution >= 4 is 11.6 Å². The number of nitrogens with zero attached hydrogens (tertiary/aromatic N) is 2. The van der Waals surface area contributed by atoms with Gasteiger partial charge in [-0.25, -0.2) is 0 Å². The predicted octanol–water partition coefficient (Wildman–Crippen LogP) is 1.84. The van der Waals surface area contributed by atoms with Gasteiger partial charge in [0.2, 0.25) is 5.91 Å². The van der Waals surface area contributed by atoms with Crippen LogP contribution in [0.25, 0.3) is 0 Å². The van der Waals surface area contributed by atoms with Gasteiger partial charge in [0.1, 0.15) is 0 Å². The molecule has 1 aliphatic heterocycles. The molecule has 0 radical (unpaired) electrons. The van der Waals surface area contributed by atoms with Crippen LogP contribution in [0.2, 0.25) is 0 Å². The number of hydrogen-bond acceptors (Lipinski definition) is 2. The molecule has 3 heteroatoms. The van der Waals surface area contributed by atoms with E-state index in [0.29, 0.717) is 6.54 Å². The molecule has 0 bridgehead atoms. The van der Waals surface area contributed by atoms with Gasteiger partial charge < -0.3 is 9.80 Å². The molecular weight excluding hydrogens is 212 g/mol. The molecule has 1 aromatic carbocycles. The minimum Gasteiger partial charge on any atom is -0.360 e. The Morgan fingerprint density at radius 1 is 1.29 bits per heavy atom. The summed E-state index contributed by atoms with van der Waals surface area (Å²) in [5.41, 5.74) is 3.86. The minimum atomic E-state index is 0.210. The van der Waals surface area contributed by atoms with Crippen molar-refractivity contribution in [3.05, 3.63) is 29.3 Å². The summed E-state index contributed by atoms with van der Waals surface area (Å²) in [5, 5.41) is 0. The summed E-state index contributed by atoms with van der Waals surface area (Å²) in [6, 6.07) is 6.37. The highest BCUT2D eigenvalue weighted by atomic mass is 16.2. The molecule has 1 saturated heterocycles. The maximum absolute atomic E-state index is 11.8. The summed E-state index contributed by atoms with van der Waals surface area (Å²) in [5.74, 6) is 0.210. The number of aryl methyl sites for hydroxylation is 2. The van der Waals surface area contributed by atoms with Crippen LogP contribution in [0.1, 0.15) is 18.1 Å². The van der Waals surface area contributed by atoms with Gasteiger partial charge in [0.25, 0.3) is 0 Å². The quantitative estimate of drug-likeness (QED) is 0.776. The third-order valence-electron chi connectivity index (χ3n) is 3.48. The molecule has 1 aliphatic rings. The summed E-state index contributed by atoms with van der Waals surface area (Å²) in [4.78, 5) is 15.8. The van der Waals surface area contributed by atoms with Gasteiger partial charge in [-0.1, -0.05) is 25.1 Å². The normalized spacial score (nSPS) is 16.5. The van der Waals surface area contributed by atoms with Crippen molar-refractivity contribution < 1.29 is 4.79 Å². The predicted molar refractivity (Wildman–Crippen MR) is 70.4 cm³/mol. The molecule has 17 heavy (non-hydrogen) atoms. The Balaban J connectivity index is 2.31. The van der Waals surface area contributed by atoms with E-state index < -0.39 is 0 Å². The fourth-order valence-electron chi connectivity index (χ4n) is 2.41. The van der Waals surface area contributed by atoms with Crippen LogP contribution >= 0.6 is 0 Å². The molecule has 0 N–H and O–H groups in total. The maximum atomic E-state index is 11.8. The van der Waals surface area contributed by atoms with Gasteiger partial charge >= 0.3 is 0 Å². The fraction of sp³-hybridized carbons (Fsp3) is 0.500. The molecule has 0 spiro atoms. The Kier molecular flexibility index (Phi) is 3.36. The molecule has 3 nitrogen and oxygen atoms in total. The molecule has 92 valence electrons. The highest BCUT2D eigenvalue weighted by Crippen LogP contribution is 2.26. The van der Waals surface area contributed by atoms with E-state index >= 15 is 0 Å². The number of carbonyl (C=O) groups excluding carboxylic acids is 1. The molecule has 0 aliphatic carbocycles. The van der Waals surface area contributed by atoms with Crippen LogP contribution in [-0.4, -0.2) is 37.5 Å². The van der Waals surface area contributed by atoms with E-state index in [2.05, 4.69) is 36.9 Å². The number of amides is 1. The van der Waals surface area contributed by atoms with Gasteiger partial charge in [0.05, 0.1) is 6.54 Å². The Bertz CT molecular complexity index is 428. The Labute approximate surface area is 103 Å². The molecule has 1 amide bonds. The Hall–Kier alpha value is -1.51. The van der Waals surface area contributed by atoms with Gasteiger partial charge in [-0.2, -0.15) is 0 Å². The van der Waals surface area contributed by atoms with Crippen LogP contribution in [0.4, 0.5) is 5.69 Å². The first-order valence-electron chi connectivity index (χ1n) is 6.21. The Morgan fingerprint density at radius 2 is 2.06 bits per heavy atom. The molecule has 1 aromatic rings. The second-order valence-corrected chi connectivity index (χ2v) is 4.67. The van der Waals surface area contributed by atoms with E-state index in [1.54, 1.807) is 4.90 Å². The van der Waals surface area contributed by atoms with Crippen molar-refractivity contribution in [2.45, 2.75) is 20.3 Å². The summed E-state index contributed by atoms with van der Waals surface area (Å²) < 4.78 is 0. The second kappa shape index (κ2) is 4.78. The molecule has 1 heterocycles. The average Bonchev–Trinajstić information content (AvgIpc) is 2.32. The van der Waals surface area contributed by atoms with E-state index in [1.807, 2.05) is 7.05 Å². The lowest BCUT2D eigenvalue weighted by Gasteiger charge is -2.35. The first kappa shape index (κ1) is 12.0. The lowest BCUT2D eigenvalue weighted by atomic mass is 10.0. The van der Waals surface area contributed by atoms with E-state index in [0.717, 1.165) is 19.5 Å². The lowest BCUT2D eigenvalue weighted by Crippen LogP contribution is -2.49. The van der Waals surface area contributed by atoms with Crippen molar-refractivity contribution in [2.24, 2.45) is 0 Å². The zero-order valence-electron chi connectivity index (χ0n) is 10.9. The number of benzene rings is 1. The van der Waals surface area contributed by atoms with Gasteiger partial charge in [0.15, 0.2) is 0 Å². The molecule has 0 atom stereocenters. The second-order valence-electron chi connectivity index (χ2n) is 4.67. The van der Waals surface area contributed by atoms with Crippen LogP contribution in [0, 0.1) is 6.92 Å². The molecule has 0 unspecified atom stereocenters. The summed E-state index contributed by atoms with van der Waals surface area (Å²) in [6.45, 7) is 6.54. The van der Waals surface area contributed by atoms with Gasteiger partial charge in [-0.05, 0) is 24.5 Å². The van der Waals surface area contributed by atoms with Crippen LogP contribution in [0.3, 0.4) is 0 Å². The number of carbonyl (C=O) groups is 1. The number of para-hydroxylation sites is 1. The lowest BCUT2D eigenvalue weighted by molar-refractivity contribution is -0.129. The van der Waals surface area contributed by atoms with Crippen molar-refractivity contribution in [1.29, 1.82) is 0 Å². The van der Waals surface area contributed by atoms with E-state index in [9.17, 15) is 4.79 Å².